The van der Waals surface area contributed by atoms with Crippen LogP contribution in [0.5, 0.6) is 0 Å². The van der Waals surface area contributed by atoms with Crippen LogP contribution in [0.4, 0.5) is 4.39 Å². The number of nitrogens with two attached hydrogens (primary N) is 1. The maximum absolute atomic E-state index is 13.0. The lowest BCUT2D eigenvalue weighted by molar-refractivity contribution is -0.119. The Balaban J connectivity index is 2.71. The third-order valence-electron chi connectivity index (χ3n) is 2.13. The zero-order chi connectivity index (χ0) is 12.1. The van der Waals surface area contributed by atoms with Crippen LogP contribution in [0.2, 0.25) is 0 Å². The Hall–Kier alpha value is -1.93. The molecule has 0 heterocycles. The van der Waals surface area contributed by atoms with E-state index in [1.807, 2.05) is 6.07 Å². The molecule has 0 aliphatic heterocycles. The Kier molecular flexibility index (Phi) is 3.97. The lowest BCUT2D eigenvalue weighted by atomic mass is 10.1. The second-order valence-electron chi connectivity index (χ2n) is 3.46. The lowest BCUT2D eigenvalue weighted by Gasteiger charge is -2.10. The SMILES string of the molecule is CC(NCc1cc(F)cc(C#N)c1)C(N)=O. The molecule has 5 heteroatoms. The first-order valence-electron chi connectivity index (χ1n) is 4.75. The van der Waals surface area contributed by atoms with Gasteiger partial charge in [0.2, 0.25) is 5.91 Å². The molecule has 3 N–H and O–H groups in total. The van der Waals surface area contributed by atoms with E-state index in [0.717, 1.165) is 6.07 Å². The van der Waals surface area contributed by atoms with Crippen LogP contribution in [0.25, 0.3) is 0 Å². The van der Waals surface area contributed by atoms with Crippen LogP contribution in [-0.4, -0.2) is 11.9 Å². The van der Waals surface area contributed by atoms with E-state index in [1.54, 1.807) is 13.0 Å². The van der Waals surface area contributed by atoms with Gasteiger partial charge in [-0.3, -0.25) is 4.79 Å². The molecule has 0 aliphatic rings. The molecule has 16 heavy (non-hydrogen) atoms. The Bertz CT molecular complexity index is 439. The summed E-state index contributed by atoms with van der Waals surface area (Å²) < 4.78 is 13.0. The molecule has 0 saturated heterocycles. The van der Waals surface area contributed by atoms with Gasteiger partial charge in [0.25, 0.3) is 0 Å². The van der Waals surface area contributed by atoms with Gasteiger partial charge in [-0.1, -0.05) is 0 Å². The zero-order valence-corrected chi connectivity index (χ0v) is 8.83. The van der Waals surface area contributed by atoms with E-state index in [1.165, 1.54) is 6.07 Å². The van der Waals surface area contributed by atoms with Crippen molar-refractivity contribution >= 4 is 5.91 Å². The molecule has 0 fully saturated rings. The molecule has 0 bridgehead atoms. The van der Waals surface area contributed by atoms with Crippen LogP contribution in [0.1, 0.15) is 18.1 Å². The highest BCUT2D eigenvalue weighted by molar-refractivity contribution is 5.79. The topological polar surface area (TPSA) is 78.9 Å². The Morgan fingerprint density at radius 1 is 1.62 bits per heavy atom. The monoisotopic (exact) mass is 221 g/mol. The van der Waals surface area contributed by atoms with Gasteiger partial charge in [0, 0.05) is 6.54 Å². The summed E-state index contributed by atoms with van der Waals surface area (Å²) in [5.41, 5.74) is 5.91. The molecule has 0 spiro atoms. The summed E-state index contributed by atoms with van der Waals surface area (Å²) in [5.74, 6) is -0.945. The largest absolute Gasteiger partial charge is 0.368 e. The van der Waals surface area contributed by atoms with E-state index in [-0.39, 0.29) is 12.1 Å². The van der Waals surface area contributed by atoms with Gasteiger partial charge in [0.1, 0.15) is 5.82 Å². The van der Waals surface area contributed by atoms with Crippen molar-refractivity contribution in [1.82, 2.24) is 5.32 Å². The summed E-state index contributed by atoms with van der Waals surface area (Å²) in [7, 11) is 0. The van der Waals surface area contributed by atoms with Crippen molar-refractivity contribution in [2.75, 3.05) is 0 Å². The average Bonchev–Trinajstić information content (AvgIpc) is 2.24. The maximum atomic E-state index is 13.0. The number of nitrogens with one attached hydrogen (secondary N) is 1. The van der Waals surface area contributed by atoms with E-state index in [0.29, 0.717) is 5.56 Å². The molecule has 1 rings (SSSR count). The van der Waals surface area contributed by atoms with Gasteiger partial charge < -0.3 is 11.1 Å². The van der Waals surface area contributed by atoms with Gasteiger partial charge in [-0.25, -0.2) is 4.39 Å². The first kappa shape index (κ1) is 12.1. The van der Waals surface area contributed by atoms with Gasteiger partial charge in [0.15, 0.2) is 0 Å². The molecule has 0 saturated carbocycles. The highest BCUT2D eigenvalue weighted by Crippen LogP contribution is 2.08. The number of hydrogen-bond acceptors (Lipinski definition) is 3. The number of rotatable bonds is 4. The number of halogens is 1. The average molecular weight is 221 g/mol. The predicted octanol–water partition coefficient (Wildman–Crippen LogP) is 0.661. The lowest BCUT2D eigenvalue weighted by Crippen LogP contribution is -2.38. The Morgan fingerprint density at radius 3 is 2.88 bits per heavy atom. The van der Waals surface area contributed by atoms with Crippen LogP contribution in [-0.2, 0) is 11.3 Å². The van der Waals surface area contributed by atoms with Crippen molar-refractivity contribution in [2.45, 2.75) is 19.5 Å². The van der Waals surface area contributed by atoms with Crippen molar-refractivity contribution in [2.24, 2.45) is 5.73 Å². The number of nitrogens with zero attached hydrogens (tertiary/aromatic N) is 1. The minimum absolute atomic E-state index is 0.253. The summed E-state index contributed by atoms with van der Waals surface area (Å²) in [6, 6.07) is 5.39. The van der Waals surface area contributed by atoms with Crippen LogP contribution in [0.15, 0.2) is 18.2 Å². The van der Waals surface area contributed by atoms with E-state index in [2.05, 4.69) is 5.32 Å². The van der Waals surface area contributed by atoms with Gasteiger partial charge in [-0.15, -0.1) is 0 Å². The minimum atomic E-state index is -0.492. The molecule has 1 aromatic rings. The number of hydrogen-bond donors (Lipinski definition) is 2. The van der Waals surface area contributed by atoms with E-state index < -0.39 is 17.8 Å². The molecule has 1 aromatic carbocycles. The summed E-state index contributed by atoms with van der Waals surface area (Å²) >= 11 is 0. The van der Waals surface area contributed by atoms with E-state index in [4.69, 9.17) is 11.0 Å². The molecule has 1 atom stereocenters. The number of primary amides is 1. The first-order valence-corrected chi connectivity index (χ1v) is 4.75. The van der Waals surface area contributed by atoms with Crippen LogP contribution < -0.4 is 11.1 Å². The number of carbonyl (C=O) groups is 1. The fourth-order valence-corrected chi connectivity index (χ4v) is 1.19. The predicted molar refractivity (Wildman–Crippen MR) is 56.6 cm³/mol. The van der Waals surface area contributed by atoms with Gasteiger partial charge in [-0.2, -0.15) is 5.26 Å². The second kappa shape index (κ2) is 5.24. The van der Waals surface area contributed by atoms with Crippen LogP contribution in [0.3, 0.4) is 0 Å². The van der Waals surface area contributed by atoms with Gasteiger partial charge >= 0.3 is 0 Å². The third-order valence-corrected chi connectivity index (χ3v) is 2.13. The summed E-state index contributed by atoms with van der Waals surface area (Å²) in [4.78, 5) is 10.7. The number of amides is 1. The molecule has 1 amide bonds. The van der Waals surface area contributed by atoms with Crippen molar-refractivity contribution in [3.8, 4) is 6.07 Å². The van der Waals surface area contributed by atoms with Crippen LogP contribution >= 0.6 is 0 Å². The highest BCUT2D eigenvalue weighted by atomic mass is 19.1. The van der Waals surface area contributed by atoms with Crippen molar-refractivity contribution in [1.29, 1.82) is 5.26 Å². The molecular formula is C11H12FN3O. The van der Waals surface area contributed by atoms with Gasteiger partial charge in [-0.05, 0) is 30.7 Å². The Morgan fingerprint density at radius 2 is 2.31 bits per heavy atom. The normalized spacial score (nSPS) is 11.8. The summed E-state index contributed by atoms with van der Waals surface area (Å²) in [6.45, 7) is 1.91. The fourth-order valence-electron chi connectivity index (χ4n) is 1.19. The fraction of sp³-hybridized carbons (Fsp3) is 0.273. The van der Waals surface area contributed by atoms with Crippen LogP contribution in [0, 0.1) is 17.1 Å². The molecule has 0 radical (unpaired) electrons. The minimum Gasteiger partial charge on any atom is -0.368 e. The second-order valence-corrected chi connectivity index (χ2v) is 3.46. The molecule has 1 unspecified atom stereocenters. The van der Waals surface area contributed by atoms with E-state index in [9.17, 15) is 9.18 Å². The molecule has 0 aromatic heterocycles. The maximum Gasteiger partial charge on any atom is 0.234 e. The number of nitriles is 1. The van der Waals surface area contributed by atoms with E-state index >= 15 is 0 Å². The number of benzene rings is 1. The van der Waals surface area contributed by atoms with Crippen molar-refractivity contribution in [3.63, 3.8) is 0 Å². The highest BCUT2D eigenvalue weighted by Gasteiger charge is 2.08. The van der Waals surface area contributed by atoms with Gasteiger partial charge in [0.05, 0.1) is 17.7 Å². The zero-order valence-electron chi connectivity index (χ0n) is 8.83. The molecule has 4 nitrogen and oxygen atoms in total. The standard InChI is InChI=1S/C11H12FN3O/c1-7(11(14)16)15-6-9-2-8(5-13)3-10(12)4-9/h2-4,7,15H,6H2,1H3,(H2,14,16). The third kappa shape index (κ3) is 3.33. The smallest absolute Gasteiger partial charge is 0.234 e. The summed E-state index contributed by atoms with van der Waals surface area (Å²) in [6.07, 6.45) is 0. The molecular weight excluding hydrogens is 209 g/mol. The summed E-state index contributed by atoms with van der Waals surface area (Å²) in [5, 5.41) is 11.5. The van der Waals surface area contributed by atoms with Crippen molar-refractivity contribution in [3.05, 3.63) is 35.1 Å². The quantitative estimate of drug-likeness (QED) is 0.783. The Labute approximate surface area is 92.9 Å². The first-order chi connectivity index (χ1) is 7.52. The number of carbonyl (C=O) groups excluding carboxylic acids is 1. The molecule has 0 aliphatic carbocycles. The molecule has 84 valence electrons. The van der Waals surface area contributed by atoms with Crippen molar-refractivity contribution < 1.29 is 9.18 Å².